The number of aromatic nitrogens is 2. The highest BCUT2D eigenvalue weighted by Gasteiger charge is 2.29. The minimum atomic E-state index is 0.359. The first kappa shape index (κ1) is 14.1. The third kappa shape index (κ3) is 2.51. The lowest BCUT2D eigenvalue weighted by molar-refractivity contribution is 0.238. The van der Waals surface area contributed by atoms with E-state index < -0.39 is 0 Å². The summed E-state index contributed by atoms with van der Waals surface area (Å²) >= 11 is 7.78. The molecule has 0 unspecified atom stereocenters. The maximum atomic E-state index is 6.09. The first-order chi connectivity index (χ1) is 9.50. The van der Waals surface area contributed by atoms with Gasteiger partial charge in [-0.25, -0.2) is 4.98 Å². The third-order valence-electron chi connectivity index (χ3n) is 4.59. The van der Waals surface area contributed by atoms with Crippen molar-refractivity contribution in [3.05, 3.63) is 16.2 Å². The van der Waals surface area contributed by atoms with Gasteiger partial charge in [-0.3, -0.25) is 0 Å². The number of rotatable bonds is 2. The van der Waals surface area contributed by atoms with Gasteiger partial charge in [-0.2, -0.15) is 4.98 Å². The predicted molar refractivity (Wildman–Crippen MR) is 87.0 cm³/mol. The molecule has 1 saturated heterocycles. The van der Waals surface area contributed by atoms with Gasteiger partial charge in [0.2, 0.25) is 5.28 Å². The van der Waals surface area contributed by atoms with Crippen LogP contribution in [0.2, 0.25) is 5.28 Å². The van der Waals surface area contributed by atoms with E-state index in [1.807, 2.05) is 0 Å². The summed E-state index contributed by atoms with van der Waals surface area (Å²) in [4.78, 5) is 13.5. The van der Waals surface area contributed by atoms with Gasteiger partial charge in [0.05, 0.1) is 5.39 Å². The number of thiophene rings is 1. The van der Waals surface area contributed by atoms with Crippen LogP contribution in [0.5, 0.6) is 0 Å². The number of piperidine rings is 1. The molecule has 0 saturated carbocycles. The highest BCUT2D eigenvalue weighted by Crippen LogP contribution is 2.38. The fraction of sp³-hybridized carbons (Fsp3) is 0.600. The Morgan fingerprint density at radius 3 is 2.70 bits per heavy atom. The van der Waals surface area contributed by atoms with Gasteiger partial charge in [-0.05, 0) is 42.8 Å². The molecule has 1 aliphatic rings. The number of fused-ring (bicyclic) bond motifs is 1. The lowest BCUT2D eigenvalue weighted by atomic mass is 9.78. The SMILES string of the molecule is CCC1(C)CCN(c2nc(Cl)nc3sc(C)cc23)CC1. The van der Waals surface area contributed by atoms with Crippen molar-refractivity contribution in [3.63, 3.8) is 0 Å². The van der Waals surface area contributed by atoms with E-state index in [1.165, 1.54) is 24.1 Å². The molecule has 0 atom stereocenters. The summed E-state index contributed by atoms with van der Waals surface area (Å²) in [5.74, 6) is 1.02. The molecular weight excluding hydrogens is 290 g/mol. The second-order valence-corrected chi connectivity index (χ2v) is 7.62. The maximum Gasteiger partial charge on any atom is 0.225 e. The van der Waals surface area contributed by atoms with Crippen LogP contribution in [-0.4, -0.2) is 23.1 Å². The van der Waals surface area contributed by atoms with E-state index in [0.29, 0.717) is 10.7 Å². The Labute approximate surface area is 129 Å². The molecule has 0 aliphatic carbocycles. The quantitative estimate of drug-likeness (QED) is 0.755. The van der Waals surface area contributed by atoms with Gasteiger partial charge in [0.25, 0.3) is 0 Å². The van der Waals surface area contributed by atoms with Gasteiger partial charge in [-0.15, -0.1) is 11.3 Å². The number of hydrogen-bond donors (Lipinski definition) is 0. The van der Waals surface area contributed by atoms with Gasteiger partial charge < -0.3 is 4.90 Å². The molecule has 0 radical (unpaired) electrons. The van der Waals surface area contributed by atoms with Gasteiger partial charge in [0, 0.05) is 18.0 Å². The van der Waals surface area contributed by atoms with Crippen LogP contribution < -0.4 is 4.90 Å². The minimum Gasteiger partial charge on any atom is -0.356 e. The van der Waals surface area contributed by atoms with Crippen LogP contribution >= 0.6 is 22.9 Å². The van der Waals surface area contributed by atoms with Crippen molar-refractivity contribution >= 4 is 39.0 Å². The van der Waals surface area contributed by atoms with E-state index in [-0.39, 0.29) is 0 Å². The van der Waals surface area contributed by atoms with E-state index in [1.54, 1.807) is 11.3 Å². The van der Waals surface area contributed by atoms with Crippen LogP contribution in [0, 0.1) is 12.3 Å². The Hall–Kier alpha value is -0.870. The van der Waals surface area contributed by atoms with Gasteiger partial charge >= 0.3 is 0 Å². The molecule has 2 aromatic heterocycles. The Balaban J connectivity index is 1.95. The first-order valence-corrected chi connectivity index (χ1v) is 8.39. The largest absolute Gasteiger partial charge is 0.356 e. The standard InChI is InChI=1S/C15H20ClN3S/c1-4-15(3)5-7-19(8-6-15)12-11-9-10(2)20-13(11)18-14(16)17-12/h9H,4-8H2,1-3H3. The summed E-state index contributed by atoms with van der Waals surface area (Å²) in [6, 6.07) is 2.18. The van der Waals surface area contributed by atoms with Crippen molar-refractivity contribution in [2.45, 2.75) is 40.0 Å². The van der Waals surface area contributed by atoms with Crippen LogP contribution in [-0.2, 0) is 0 Å². The molecule has 1 fully saturated rings. The molecule has 5 heteroatoms. The summed E-state index contributed by atoms with van der Waals surface area (Å²) < 4.78 is 0. The zero-order valence-electron chi connectivity index (χ0n) is 12.2. The second-order valence-electron chi connectivity index (χ2n) is 6.04. The Bertz CT molecular complexity index is 629. The van der Waals surface area contributed by atoms with Crippen LogP contribution in [0.3, 0.4) is 0 Å². The molecule has 3 rings (SSSR count). The van der Waals surface area contributed by atoms with Crippen molar-refractivity contribution < 1.29 is 0 Å². The van der Waals surface area contributed by atoms with E-state index in [0.717, 1.165) is 29.1 Å². The molecule has 0 bridgehead atoms. The van der Waals surface area contributed by atoms with Crippen LogP contribution in [0.1, 0.15) is 38.0 Å². The Kier molecular flexibility index (Phi) is 3.63. The van der Waals surface area contributed by atoms with E-state index in [2.05, 4.69) is 41.7 Å². The zero-order chi connectivity index (χ0) is 14.3. The van der Waals surface area contributed by atoms with Crippen LogP contribution in [0.15, 0.2) is 6.07 Å². The van der Waals surface area contributed by atoms with E-state index in [4.69, 9.17) is 11.6 Å². The molecule has 3 heterocycles. The Morgan fingerprint density at radius 1 is 1.35 bits per heavy atom. The number of halogens is 1. The number of anilines is 1. The molecular formula is C15H20ClN3S. The Morgan fingerprint density at radius 2 is 2.05 bits per heavy atom. The molecule has 0 N–H and O–H groups in total. The van der Waals surface area contributed by atoms with Crippen molar-refractivity contribution in [1.29, 1.82) is 0 Å². The topological polar surface area (TPSA) is 29.0 Å². The summed E-state index contributed by atoms with van der Waals surface area (Å²) in [5.41, 5.74) is 0.483. The fourth-order valence-electron chi connectivity index (χ4n) is 2.85. The maximum absolute atomic E-state index is 6.09. The lowest BCUT2D eigenvalue weighted by Gasteiger charge is -2.39. The van der Waals surface area contributed by atoms with Gasteiger partial charge in [0.15, 0.2) is 0 Å². The summed E-state index contributed by atoms with van der Waals surface area (Å²) in [6.07, 6.45) is 3.68. The van der Waals surface area contributed by atoms with E-state index >= 15 is 0 Å². The predicted octanol–water partition coefficient (Wildman–Crippen LogP) is 4.67. The van der Waals surface area contributed by atoms with Crippen molar-refractivity contribution in [1.82, 2.24) is 9.97 Å². The molecule has 0 spiro atoms. The van der Waals surface area contributed by atoms with E-state index in [9.17, 15) is 0 Å². The normalized spacial score (nSPS) is 18.7. The fourth-order valence-corrected chi connectivity index (χ4v) is 3.94. The first-order valence-electron chi connectivity index (χ1n) is 7.19. The number of aryl methyl sites for hydroxylation is 1. The number of hydrogen-bond acceptors (Lipinski definition) is 4. The highest BCUT2D eigenvalue weighted by molar-refractivity contribution is 7.18. The molecule has 1 aliphatic heterocycles. The summed E-state index contributed by atoms with van der Waals surface area (Å²) in [6.45, 7) is 8.90. The number of nitrogens with zero attached hydrogens (tertiary/aromatic N) is 3. The van der Waals surface area contributed by atoms with Crippen molar-refractivity contribution in [2.75, 3.05) is 18.0 Å². The van der Waals surface area contributed by atoms with Crippen molar-refractivity contribution in [2.24, 2.45) is 5.41 Å². The molecule has 0 aromatic carbocycles. The molecule has 0 amide bonds. The summed E-state index contributed by atoms with van der Waals surface area (Å²) in [7, 11) is 0. The van der Waals surface area contributed by atoms with Gasteiger partial charge in [0.1, 0.15) is 10.6 Å². The summed E-state index contributed by atoms with van der Waals surface area (Å²) in [5, 5.41) is 1.51. The van der Waals surface area contributed by atoms with Crippen molar-refractivity contribution in [3.8, 4) is 0 Å². The lowest BCUT2D eigenvalue weighted by Crippen LogP contribution is -2.39. The highest BCUT2D eigenvalue weighted by atomic mass is 35.5. The molecule has 2 aromatic rings. The smallest absolute Gasteiger partial charge is 0.225 e. The zero-order valence-corrected chi connectivity index (χ0v) is 13.8. The minimum absolute atomic E-state index is 0.359. The second kappa shape index (κ2) is 5.15. The van der Waals surface area contributed by atoms with Crippen LogP contribution in [0.4, 0.5) is 5.82 Å². The molecule has 3 nitrogen and oxygen atoms in total. The monoisotopic (exact) mass is 309 g/mol. The average Bonchev–Trinajstić information content (AvgIpc) is 2.79. The van der Waals surface area contributed by atoms with Gasteiger partial charge in [-0.1, -0.05) is 20.3 Å². The van der Waals surface area contributed by atoms with Crippen LogP contribution in [0.25, 0.3) is 10.2 Å². The average molecular weight is 310 g/mol. The molecule has 108 valence electrons. The molecule has 20 heavy (non-hydrogen) atoms. The third-order valence-corrected chi connectivity index (χ3v) is 5.71.